The van der Waals surface area contributed by atoms with Gasteiger partial charge in [-0.1, -0.05) is 73.7 Å². The molecule has 0 saturated carbocycles. The Bertz CT molecular complexity index is 867. The number of rotatable bonds is 8. The van der Waals surface area contributed by atoms with E-state index in [1.807, 2.05) is 0 Å². The summed E-state index contributed by atoms with van der Waals surface area (Å²) in [5.41, 5.74) is -1.23. The Hall–Kier alpha value is -3.21. The Morgan fingerprint density at radius 3 is 2.04 bits per heavy atom. The predicted octanol–water partition coefficient (Wildman–Crippen LogP) is 1.05. The van der Waals surface area contributed by atoms with Crippen LogP contribution < -0.4 is 10.2 Å². The first-order valence-electron chi connectivity index (χ1n) is 8.47. The molecule has 5 nitrogen and oxygen atoms in total. The lowest BCUT2D eigenvalue weighted by Crippen LogP contribution is -2.52. The summed E-state index contributed by atoms with van der Waals surface area (Å²) in [6.07, 6.45) is -0.596. The maximum absolute atomic E-state index is 12.9. The Balaban J connectivity index is 2.53. The largest absolute Gasteiger partial charge is 0.549 e. The van der Waals surface area contributed by atoms with Crippen LogP contribution in [0.25, 0.3) is 0 Å². The van der Waals surface area contributed by atoms with E-state index in [-0.39, 0.29) is 5.56 Å². The van der Waals surface area contributed by atoms with Gasteiger partial charge in [-0.15, -0.1) is 0 Å². The first-order valence-corrected chi connectivity index (χ1v) is 8.47. The first kappa shape index (κ1) is 20.1. The van der Waals surface area contributed by atoms with Crippen molar-refractivity contribution in [2.75, 3.05) is 0 Å². The van der Waals surface area contributed by atoms with Crippen molar-refractivity contribution in [3.8, 4) is 0 Å². The molecule has 2 unspecified atom stereocenters. The molecule has 0 aromatic heterocycles. The smallest absolute Gasteiger partial charge is 0.141 e. The molecule has 0 N–H and O–H groups in total. The molecule has 0 radical (unpaired) electrons. The van der Waals surface area contributed by atoms with Gasteiger partial charge >= 0.3 is 0 Å². The van der Waals surface area contributed by atoms with E-state index in [1.165, 1.54) is 12.1 Å². The third-order valence-corrected chi connectivity index (χ3v) is 4.88. The van der Waals surface area contributed by atoms with Crippen molar-refractivity contribution in [2.45, 2.75) is 31.6 Å². The standard InChI is InChI=1S/C22H22O5/c1-14-9-11-18(12-10-14)22(21(26)27,16(3)20(24)25)13-19(23)15(2)17-7-5-4-6-8-17/h4-12,15H,3,13H2,1-2H3,(H,24,25)(H,26,27)/p-2. The van der Waals surface area contributed by atoms with Crippen LogP contribution in [0.15, 0.2) is 66.7 Å². The second-order valence-corrected chi connectivity index (χ2v) is 6.60. The van der Waals surface area contributed by atoms with Crippen molar-refractivity contribution in [3.63, 3.8) is 0 Å². The molecule has 0 aliphatic heterocycles. The fourth-order valence-corrected chi connectivity index (χ4v) is 3.05. The number of ketones is 1. The molecule has 0 spiro atoms. The average Bonchev–Trinajstić information content (AvgIpc) is 2.65. The number of carboxylic acids is 2. The van der Waals surface area contributed by atoms with Crippen LogP contribution in [0.4, 0.5) is 0 Å². The van der Waals surface area contributed by atoms with E-state index in [1.54, 1.807) is 56.3 Å². The molecule has 27 heavy (non-hydrogen) atoms. The van der Waals surface area contributed by atoms with Crippen LogP contribution in [0.5, 0.6) is 0 Å². The van der Waals surface area contributed by atoms with Crippen molar-refractivity contribution in [1.82, 2.24) is 0 Å². The Labute approximate surface area is 158 Å². The SMILES string of the molecule is C=C(C(=O)[O-])C(CC(=O)C(C)c1ccccc1)(C(=O)[O-])c1ccc(C)cc1. The van der Waals surface area contributed by atoms with Crippen LogP contribution in [-0.4, -0.2) is 17.7 Å². The number of hydrogen-bond donors (Lipinski definition) is 0. The summed E-state index contributed by atoms with van der Waals surface area (Å²) >= 11 is 0. The number of benzene rings is 2. The van der Waals surface area contributed by atoms with Gasteiger partial charge in [0.25, 0.3) is 0 Å². The van der Waals surface area contributed by atoms with E-state index in [2.05, 4.69) is 6.58 Å². The lowest BCUT2D eigenvalue weighted by Gasteiger charge is -2.38. The van der Waals surface area contributed by atoms with Gasteiger partial charge < -0.3 is 19.8 Å². The van der Waals surface area contributed by atoms with Crippen molar-refractivity contribution in [1.29, 1.82) is 0 Å². The summed E-state index contributed by atoms with van der Waals surface area (Å²) in [5, 5.41) is 23.6. The maximum atomic E-state index is 12.9. The fourth-order valence-electron chi connectivity index (χ4n) is 3.05. The zero-order valence-electron chi connectivity index (χ0n) is 15.2. The van der Waals surface area contributed by atoms with E-state index in [4.69, 9.17) is 0 Å². The summed E-state index contributed by atoms with van der Waals surface area (Å²) in [5.74, 6) is -4.49. The Morgan fingerprint density at radius 2 is 1.56 bits per heavy atom. The molecule has 0 aliphatic carbocycles. The van der Waals surface area contributed by atoms with Crippen molar-refractivity contribution < 1.29 is 24.6 Å². The minimum atomic E-state index is -2.20. The monoisotopic (exact) mass is 364 g/mol. The summed E-state index contributed by atoms with van der Waals surface area (Å²) in [6, 6.07) is 15.1. The van der Waals surface area contributed by atoms with Crippen molar-refractivity contribution >= 4 is 17.7 Å². The van der Waals surface area contributed by atoms with Crippen LogP contribution in [0.2, 0.25) is 0 Å². The van der Waals surface area contributed by atoms with E-state index < -0.39 is 41.0 Å². The second kappa shape index (κ2) is 7.99. The van der Waals surface area contributed by atoms with E-state index in [0.29, 0.717) is 5.56 Å². The molecule has 0 saturated heterocycles. The summed E-state index contributed by atoms with van der Waals surface area (Å²) in [7, 11) is 0. The van der Waals surface area contributed by atoms with Gasteiger partial charge in [0.05, 0.1) is 17.4 Å². The van der Waals surface area contributed by atoms with Crippen LogP contribution in [0.1, 0.15) is 36.0 Å². The molecule has 5 heteroatoms. The number of carboxylic acid groups (broad SMARTS) is 2. The highest BCUT2D eigenvalue weighted by molar-refractivity contribution is 6.02. The molecular weight excluding hydrogens is 344 g/mol. The van der Waals surface area contributed by atoms with E-state index >= 15 is 0 Å². The fraction of sp³-hybridized carbons (Fsp3) is 0.227. The Kier molecular flexibility index (Phi) is 5.95. The van der Waals surface area contributed by atoms with E-state index in [9.17, 15) is 24.6 Å². The third-order valence-electron chi connectivity index (χ3n) is 4.88. The van der Waals surface area contributed by atoms with Gasteiger partial charge in [-0.05, 0) is 23.6 Å². The van der Waals surface area contributed by atoms with Gasteiger partial charge in [0.2, 0.25) is 0 Å². The van der Waals surface area contributed by atoms with Crippen LogP contribution in [-0.2, 0) is 19.8 Å². The normalized spacial score (nSPS) is 14.0. The van der Waals surface area contributed by atoms with Crippen LogP contribution in [0.3, 0.4) is 0 Å². The molecule has 0 aliphatic rings. The topological polar surface area (TPSA) is 97.3 Å². The summed E-state index contributed by atoms with van der Waals surface area (Å²) < 4.78 is 0. The van der Waals surface area contributed by atoms with Gasteiger partial charge in [0.15, 0.2) is 0 Å². The minimum absolute atomic E-state index is 0.121. The second-order valence-electron chi connectivity index (χ2n) is 6.60. The number of carbonyl (C=O) groups is 3. The molecule has 2 aromatic rings. The van der Waals surface area contributed by atoms with Crippen molar-refractivity contribution in [2.24, 2.45) is 0 Å². The third kappa shape index (κ3) is 3.97. The van der Waals surface area contributed by atoms with Gasteiger partial charge in [-0.2, -0.15) is 0 Å². The van der Waals surface area contributed by atoms with Gasteiger partial charge in [0, 0.05) is 12.3 Å². The number of Topliss-reactive ketones (excluding diaryl/α,β-unsaturated/α-hetero) is 1. The van der Waals surface area contributed by atoms with Gasteiger partial charge in [0.1, 0.15) is 5.78 Å². The Morgan fingerprint density at radius 1 is 1.00 bits per heavy atom. The average molecular weight is 364 g/mol. The lowest BCUT2D eigenvalue weighted by atomic mass is 9.69. The molecular formula is C22H20O5-2. The van der Waals surface area contributed by atoms with Gasteiger partial charge in [-0.25, -0.2) is 0 Å². The zero-order valence-corrected chi connectivity index (χ0v) is 15.2. The lowest BCUT2D eigenvalue weighted by molar-refractivity contribution is -0.317. The molecule has 2 atom stereocenters. The molecule has 2 aromatic carbocycles. The van der Waals surface area contributed by atoms with Crippen LogP contribution >= 0.6 is 0 Å². The molecule has 140 valence electrons. The number of aryl methyl sites for hydroxylation is 1. The highest BCUT2D eigenvalue weighted by atomic mass is 16.4. The summed E-state index contributed by atoms with van der Waals surface area (Å²) in [4.78, 5) is 36.5. The van der Waals surface area contributed by atoms with Crippen LogP contribution in [0, 0.1) is 6.92 Å². The molecule has 0 fully saturated rings. The molecule has 0 heterocycles. The number of aliphatic carboxylic acids is 2. The van der Waals surface area contributed by atoms with Gasteiger partial charge in [-0.3, -0.25) is 4.79 Å². The number of hydrogen-bond acceptors (Lipinski definition) is 5. The zero-order chi connectivity index (χ0) is 20.2. The first-order chi connectivity index (χ1) is 12.7. The maximum Gasteiger partial charge on any atom is 0.141 e. The summed E-state index contributed by atoms with van der Waals surface area (Å²) in [6.45, 7) is 6.85. The minimum Gasteiger partial charge on any atom is -0.549 e. The van der Waals surface area contributed by atoms with Crippen molar-refractivity contribution in [3.05, 3.63) is 83.4 Å². The molecule has 0 bridgehead atoms. The highest BCUT2D eigenvalue weighted by Crippen LogP contribution is 2.37. The number of carbonyl (C=O) groups excluding carboxylic acids is 3. The predicted molar refractivity (Wildman–Crippen MR) is 96.5 cm³/mol. The highest BCUT2D eigenvalue weighted by Gasteiger charge is 2.40. The van der Waals surface area contributed by atoms with E-state index in [0.717, 1.165) is 5.56 Å². The molecule has 2 rings (SSSR count). The molecule has 0 amide bonds. The quantitative estimate of drug-likeness (QED) is 0.652.